The van der Waals surface area contributed by atoms with Gasteiger partial charge in [-0.3, -0.25) is 14.4 Å². The molecule has 5 rings (SSSR count). The Bertz CT molecular complexity index is 1150. The minimum absolute atomic E-state index is 0.174. The number of likely N-dealkylation sites (tertiary alicyclic amines) is 1. The highest BCUT2D eigenvalue weighted by atomic mass is 16.6. The molecule has 1 aromatic carbocycles. The van der Waals surface area contributed by atoms with E-state index in [1.165, 1.54) is 13.8 Å². The van der Waals surface area contributed by atoms with Crippen molar-refractivity contribution in [3.8, 4) is 11.5 Å². The van der Waals surface area contributed by atoms with Crippen molar-refractivity contribution in [1.29, 1.82) is 0 Å². The lowest BCUT2D eigenvalue weighted by Crippen LogP contribution is -2.65. The molecule has 8 nitrogen and oxygen atoms in total. The van der Waals surface area contributed by atoms with Crippen molar-refractivity contribution in [2.75, 3.05) is 13.6 Å². The Morgan fingerprint density at radius 1 is 1.17 bits per heavy atom. The van der Waals surface area contributed by atoms with E-state index in [9.17, 15) is 14.4 Å². The Morgan fingerprint density at radius 3 is 2.58 bits per heavy atom. The van der Waals surface area contributed by atoms with Crippen LogP contribution < -0.4 is 9.47 Å². The molecule has 1 spiro atoms. The van der Waals surface area contributed by atoms with E-state index in [4.69, 9.17) is 18.9 Å². The molecule has 2 heterocycles. The van der Waals surface area contributed by atoms with Crippen LogP contribution in [0.15, 0.2) is 18.2 Å². The molecule has 194 valence electrons. The number of hydrogen-bond acceptors (Lipinski definition) is 8. The molecule has 0 amide bonds. The topological polar surface area (TPSA) is 91.4 Å². The molecule has 36 heavy (non-hydrogen) atoms. The van der Waals surface area contributed by atoms with Crippen LogP contribution in [-0.4, -0.2) is 60.3 Å². The molecule has 2 bridgehead atoms. The zero-order chi connectivity index (χ0) is 26.0. The Balaban J connectivity index is 1.63. The van der Waals surface area contributed by atoms with Crippen LogP contribution in [0.1, 0.15) is 64.2 Å². The van der Waals surface area contributed by atoms with Crippen molar-refractivity contribution in [2.45, 2.75) is 89.6 Å². The van der Waals surface area contributed by atoms with Crippen LogP contribution in [0.2, 0.25) is 0 Å². The number of carbonyl (C=O) groups is 3. The maximum Gasteiger partial charge on any atom is 0.308 e. The smallest absolute Gasteiger partial charge is 0.308 e. The molecule has 2 aliphatic carbocycles. The van der Waals surface area contributed by atoms with Gasteiger partial charge in [-0.2, -0.15) is 0 Å². The van der Waals surface area contributed by atoms with Crippen molar-refractivity contribution in [1.82, 2.24) is 4.90 Å². The van der Waals surface area contributed by atoms with Gasteiger partial charge >= 0.3 is 17.9 Å². The maximum atomic E-state index is 12.6. The summed E-state index contributed by atoms with van der Waals surface area (Å²) in [5.41, 5.74) is 2.22. The van der Waals surface area contributed by atoms with Crippen LogP contribution in [0, 0.1) is 5.92 Å². The molecule has 0 N–H and O–H groups in total. The standard InChI is InChI=1S/C28H35NO7/c1-15(30)33-21-9-8-19-20-14-18-17(7-10-23(32)36-27(3,4)5)13-22(34-16(2)31)25-24(18)28(19,26(21)35-25)11-12-29(20)6/h8-9,13,19-21,26H,7,10-12,14H2,1-6H3/t19?,20-,21+,26+,28?/m1/s1. The zero-order valence-electron chi connectivity index (χ0n) is 21.9. The van der Waals surface area contributed by atoms with E-state index in [0.717, 1.165) is 36.1 Å². The molecule has 8 heteroatoms. The molecular formula is C28H35NO7. The fourth-order valence-corrected chi connectivity index (χ4v) is 6.74. The average Bonchev–Trinajstić information content (AvgIpc) is 3.10. The van der Waals surface area contributed by atoms with Gasteiger partial charge in [0.05, 0.1) is 0 Å². The lowest BCUT2D eigenvalue weighted by Gasteiger charge is -2.56. The second-order valence-electron chi connectivity index (χ2n) is 11.5. The number of carbonyl (C=O) groups excluding carboxylic acids is 3. The summed E-state index contributed by atoms with van der Waals surface area (Å²) >= 11 is 0. The lowest BCUT2D eigenvalue weighted by atomic mass is 9.53. The Labute approximate surface area is 211 Å². The summed E-state index contributed by atoms with van der Waals surface area (Å²) < 4.78 is 23.5. The van der Waals surface area contributed by atoms with Gasteiger partial charge in [-0.1, -0.05) is 6.08 Å². The number of hydrogen-bond donors (Lipinski definition) is 0. The highest BCUT2D eigenvalue weighted by molar-refractivity contribution is 5.74. The first-order valence-electron chi connectivity index (χ1n) is 12.7. The van der Waals surface area contributed by atoms with Crippen LogP contribution in [0.4, 0.5) is 0 Å². The van der Waals surface area contributed by atoms with Crippen LogP contribution in [-0.2, 0) is 42.1 Å². The quantitative estimate of drug-likeness (QED) is 0.348. The van der Waals surface area contributed by atoms with Crippen molar-refractivity contribution in [3.05, 3.63) is 34.9 Å². The summed E-state index contributed by atoms with van der Waals surface area (Å²) in [6, 6.07) is 2.09. The number of esters is 3. The van der Waals surface area contributed by atoms with E-state index in [0.29, 0.717) is 17.9 Å². The second-order valence-corrected chi connectivity index (χ2v) is 11.5. The molecule has 0 radical (unpaired) electrons. The minimum Gasteiger partial charge on any atom is -0.481 e. The number of aryl methyl sites for hydroxylation is 1. The SMILES string of the molecule is CC(=O)Oc1cc(CCC(=O)OC(C)(C)C)c2c3c1O[C@H]1[C@@H](OC(C)=O)C=CC4[C@@H](C2)N(C)CCC341. The van der Waals surface area contributed by atoms with Gasteiger partial charge in [0.25, 0.3) is 0 Å². The molecule has 2 unspecified atom stereocenters. The summed E-state index contributed by atoms with van der Waals surface area (Å²) in [7, 11) is 2.15. The molecule has 4 aliphatic rings. The van der Waals surface area contributed by atoms with Gasteiger partial charge < -0.3 is 23.8 Å². The molecule has 0 aromatic heterocycles. The van der Waals surface area contributed by atoms with Gasteiger partial charge in [-0.05, 0) is 76.9 Å². The number of likely N-dealkylation sites (N-methyl/N-ethyl adjacent to an activating group) is 1. The van der Waals surface area contributed by atoms with Crippen molar-refractivity contribution in [3.63, 3.8) is 0 Å². The molecule has 0 saturated carbocycles. The van der Waals surface area contributed by atoms with E-state index in [1.807, 2.05) is 32.9 Å². The Kier molecular flexibility index (Phi) is 5.93. The van der Waals surface area contributed by atoms with Gasteiger partial charge in [0.15, 0.2) is 17.6 Å². The van der Waals surface area contributed by atoms with Gasteiger partial charge in [0.1, 0.15) is 11.7 Å². The predicted molar refractivity (Wildman–Crippen MR) is 131 cm³/mol. The number of piperidine rings is 1. The third-order valence-electron chi connectivity index (χ3n) is 7.91. The first-order valence-corrected chi connectivity index (χ1v) is 12.7. The fraction of sp³-hybridized carbons (Fsp3) is 0.607. The highest BCUT2D eigenvalue weighted by Gasteiger charge is 2.65. The van der Waals surface area contributed by atoms with Crippen LogP contribution in [0.3, 0.4) is 0 Å². The van der Waals surface area contributed by atoms with Crippen LogP contribution in [0.5, 0.6) is 11.5 Å². The largest absolute Gasteiger partial charge is 0.481 e. The Hall–Kier alpha value is -2.87. The van der Waals surface area contributed by atoms with Gasteiger partial charge in [-0.15, -0.1) is 0 Å². The summed E-state index contributed by atoms with van der Waals surface area (Å²) in [5.74, 6) is 0.0366. The Morgan fingerprint density at radius 2 is 1.92 bits per heavy atom. The van der Waals surface area contributed by atoms with E-state index in [2.05, 4.69) is 18.0 Å². The van der Waals surface area contributed by atoms with Gasteiger partial charge in [0.2, 0.25) is 0 Å². The molecule has 1 saturated heterocycles. The summed E-state index contributed by atoms with van der Waals surface area (Å²) in [5, 5.41) is 0. The highest BCUT2D eigenvalue weighted by Crippen LogP contribution is 2.63. The summed E-state index contributed by atoms with van der Waals surface area (Å²) in [6.07, 6.45) is 5.52. The van der Waals surface area contributed by atoms with E-state index >= 15 is 0 Å². The van der Waals surface area contributed by atoms with Crippen LogP contribution >= 0.6 is 0 Å². The third kappa shape index (κ3) is 3.99. The van der Waals surface area contributed by atoms with E-state index < -0.39 is 29.2 Å². The first kappa shape index (κ1) is 24.8. The zero-order valence-corrected chi connectivity index (χ0v) is 21.9. The van der Waals surface area contributed by atoms with Crippen molar-refractivity contribution < 1.29 is 33.3 Å². The average molecular weight is 498 g/mol. The monoisotopic (exact) mass is 497 g/mol. The van der Waals surface area contributed by atoms with Crippen molar-refractivity contribution in [2.24, 2.45) is 5.92 Å². The number of nitrogens with zero attached hydrogens (tertiary/aromatic N) is 1. The number of ether oxygens (including phenoxy) is 4. The van der Waals surface area contributed by atoms with E-state index in [1.54, 1.807) is 0 Å². The molecule has 1 fully saturated rings. The van der Waals surface area contributed by atoms with E-state index in [-0.39, 0.29) is 30.3 Å². The van der Waals surface area contributed by atoms with Crippen LogP contribution in [0.25, 0.3) is 0 Å². The van der Waals surface area contributed by atoms with Crippen molar-refractivity contribution >= 4 is 17.9 Å². The second kappa shape index (κ2) is 8.61. The van der Waals surface area contributed by atoms with Gasteiger partial charge in [-0.25, -0.2) is 0 Å². The molecule has 5 atom stereocenters. The number of benzene rings is 1. The predicted octanol–water partition coefficient (Wildman–Crippen LogP) is 3.26. The minimum atomic E-state index is -0.556. The summed E-state index contributed by atoms with van der Waals surface area (Å²) in [6.45, 7) is 9.21. The number of rotatable bonds is 5. The summed E-state index contributed by atoms with van der Waals surface area (Å²) in [4.78, 5) is 38.9. The fourth-order valence-electron chi connectivity index (χ4n) is 6.74. The first-order chi connectivity index (χ1) is 16.9. The normalized spacial score (nSPS) is 29.7. The molecule has 2 aliphatic heterocycles. The maximum absolute atomic E-state index is 12.6. The molecular weight excluding hydrogens is 462 g/mol. The van der Waals surface area contributed by atoms with Gasteiger partial charge in [0, 0.05) is 43.2 Å². The third-order valence-corrected chi connectivity index (χ3v) is 7.91. The lowest BCUT2D eigenvalue weighted by molar-refractivity contribution is -0.155. The molecule has 1 aromatic rings.